The molecule has 0 aliphatic carbocycles. The van der Waals surface area contributed by atoms with Crippen LogP contribution in [0, 0.1) is 36.5 Å². The molecule has 0 aliphatic heterocycles. The van der Waals surface area contributed by atoms with Crippen LogP contribution in [-0.2, 0) is 16.0 Å². The molecule has 0 aliphatic rings. The minimum atomic E-state index is -0.373. The maximum atomic E-state index is 12.4. The average molecular weight is 379 g/mol. The van der Waals surface area contributed by atoms with E-state index in [-0.39, 0.29) is 31.4 Å². The zero-order valence-corrected chi connectivity index (χ0v) is 16.1. The summed E-state index contributed by atoms with van der Waals surface area (Å²) in [6.45, 7) is 3.52. The number of nitrogens with zero attached hydrogens (tertiary/aromatic N) is 5. The van der Waals surface area contributed by atoms with Crippen molar-refractivity contribution in [2.75, 3.05) is 20.2 Å². The molecule has 0 fully saturated rings. The third-order valence-corrected chi connectivity index (χ3v) is 4.42. The summed E-state index contributed by atoms with van der Waals surface area (Å²) in [6.07, 6.45) is 0.823. The van der Waals surface area contributed by atoms with E-state index in [1.54, 1.807) is 28.9 Å². The van der Waals surface area contributed by atoms with Crippen molar-refractivity contribution in [2.45, 2.75) is 26.7 Å². The van der Waals surface area contributed by atoms with Gasteiger partial charge in [-0.1, -0.05) is 0 Å². The number of nitriles is 2. The smallest absolute Gasteiger partial charge is 0.305 e. The van der Waals surface area contributed by atoms with Gasteiger partial charge in [0, 0.05) is 17.7 Å². The highest BCUT2D eigenvalue weighted by Crippen LogP contribution is 2.20. The van der Waals surface area contributed by atoms with Gasteiger partial charge in [-0.25, -0.2) is 4.68 Å². The second-order valence-electron chi connectivity index (χ2n) is 6.16. The summed E-state index contributed by atoms with van der Waals surface area (Å²) in [5, 5.41) is 22.2. The fourth-order valence-corrected chi connectivity index (χ4v) is 2.92. The molecule has 0 N–H and O–H groups in total. The molecule has 0 spiro atoms. The molecule has 0 saturated carbocycles. The van der Waals surface area contributed by atoms with Crippen LogP contribution in [0.25, 0.3) is 5.69 Å². The van der Waals surface area contributed by atoms with E-state index < -0.39 is 0 Å². The fraction of sp³-hybridized carbons (Fsp3) is 0.350. The number of hydrogen-bond donors (Lipinski definition) is 0. The Morgan fingerprint density at radius 3 is 2.29 bits per heavy atom. The molecule has 8 heteroatoms. The number of aryl methyl sites for hydroxylation is 1. The lowest BCUT2D eigenvalue weighted by molar-refractivity contribution is -0.140. The molecule has 0 bridgehead atoms. The topological polar surface area (TPSA) is 112 Å². The van der Waals surface area contributed by atoms with Gasteiger partial charge >= 0.3 is 5.97 Å². The summed E-state index contributed by atoms with van der Waals surface area (Å²) in [6, 6.07) is 10.6. The molecule has 0 saturated heterocycles. The van der Waals surface area contributed by atoms with E-state index in [1.165, 1.54) is 12.0 Å². The highest BCUT2D eigenvalue weighted by Gasteiger charge is 2.17. The van der Waals surface area contributed by atoms with Crippen LogP contribution in [0.1, 0.15) is 33.7 Å². The molecule has 144 valence electrons. The van der Waals surface area contributed by atoms with Crippen molar-refractivity contribution in [1.82, 2.24) is 14.7 Å². The van der Waals surface area contributed by atoms with Crippen LogP contribution in [0.4, 0.5) is 0 Å². The summed E-state index contributed by atoms with van der Waals surface area (Å²) in [7, 11) is 1.36. The van der Waals surface area contributed by atoms with E-state index >= 15 is 0 Å². The van der Waals surface area contributed by atoms with E-state index in [4.69, 9.17) is 15.3 Å². The maximum absolute atomic E-state index is 12.4. The molecule has 0 radical (unpaired) electrons. The van der Waals surface area contributed by atoms with Crippen molar-refractivity contribution in [3.63, 3.8) is 0 Å². The summed E-state index contributed by atoms with van der Waals surface area (Å²) in [5.74, 6) is -0.643. The van der Waals surface area contributed by atoms with E-state index in [9.17, 15) is 9.59 Å². The lowest BCUT2D eigenvalue weighted by Crippen LogP contribution is -2.31. The van der Waals surface area contributed by atoms with Crippen molar-refractivity contribution >= 4 is 11.9 Å². The number of esters is 1. The third kappa shape index (κ3) is 4.54. The second-order valence-corrected chi connectivity index (χ2v) is 6.16. The number of carbonyl (C=O) groups is 2. The molecule has 1 amide bonds. The first-order valence-electron chi connectivity index (χ1n) is 8.68. The minimum Gasteiger partial charge on any atom is -0.469 e. The first kappa shape index (κ1) is 20.7. The minimum absolute atomic E-state index is 0.144. The van der Waals surface area contributed by atoms with Crippen molar-refractivity contribution in [1.29, 1.82) is 10.5 Å². The zero-order chi connectivity index (χ0) is 20.7. The highest BCUT2D eigenvalue weighted by molar-refractivity contribution is 5.94. The largest absolute Gasteiger partial charge is 0.469 e. The van der Waals surface area contributed by atoms with Crippen molar-refractivity contribution in [3.05, 3.63) is 46.8 Å². The molecule has 1 aromatic carbocycles. The van der Waals surface area contributed by atoms with Crippen LogP contribution in [-0.4, -0.2) is 46.8 Å². The van der Waals surface area contributed by atoms with Crippen LogP contribution in [0.15, 0.2) is 24.3 Å². The predicted octanol–water partition coefficient (Wildman–Crippen LogP) is 2.08. The third-order valence-electron chi connectivity index (χ3n) is 4.42. The Balaban J connectivity index is 2.24. The Hall–Kier alpha value is -3.65. The first-order chi connectivity index (χ1) is 13.4. The summed E-state index contributed by atoms with van der Waals surface area (Å²) < 4.78 is 6.45. The number of rotatable bonds is 7. The zero-order valence-electron chi connectivity index (χ0n) is 16.1. The van der Waals surface area contributed by atoms with Gasteiger partial charge in [0.25, 0.3) is 5.91 Å². The Kier molecular flexibility index (Phi) is 6.89. The van der Waals surface area contributed by atoms with E-state index in [2.05, 4.69) is 5.10 Å². The number of amides is 1. The van der Waals surface area contributed by atoms with Gasteiger partial charge in [0.1, 0.15) is 13.1 Å². The lowest BCUT2D eigenvalue weighted by Gasteiger charge is -2.16. The first-order valence-corrected chi connectivity index (χ1v) is 8.68. The Morgan fingerprint density at radius 1 is 1.14 bits per heavy atom. The second kappa shape index (κ2) is 9.33. The molecule has 8 nitrogen and oxygen atoms in total. The van der Waals surface area contributed by atoms with E-state index in [0.717, 1.165) is 22.6 Å². The van der Waals surface area contributed by atoms with Gasteiger partial charge in [0.15, 0.2) is 0 Å². The number of aromatic nitrogens is 2. The number of benzene rings is 1. The Morgan fingerprint density at radius 2 is 1.75 bits per heavy atom. The van der Waals surface area contributed by atoms with Gasteiger partial charge < -0.3 is 9.64 Å². The molecule has 0 unspecified atom stereocenters. The van der Waals surface area contributed by atoms with Crippen molar-refractivity contribution in [3.8, 4) is 17.8 Å². The average Bonchev–Trinajstić information content (AvgIpc) is 2.99. The van der Waals surface area contributed by atoms with E-state index in [0.29, 0.717) is 12.0 Å². The monoisotopic (exact) mass is 379 g/mol. The van der Waals surface area contributed by atoms with Crippen LogP contribution in [0.2, 0.25) is 0 Å². The van der Waals surface area contributed by atoms with Crippen LogP contribution < -0.4 is 0 Å². The van der Waals surface area contributed by atoms with Gasteiger partial charge in [0.05, 0.1) is 30.6 Å². The summed E-state index contributed by atoms with van der Waals surface area (Å²) >= 11 is 0. The summed E-state index contributed by atoms with van der Waals surface area (Å²) in [5.41, 5.74) is 3.89. The molecule has 1 heterocycles. The molecule has 0 atom stereocenters. The van der Waals surface area contributed by atoms with Gasteiger partial charge in [-0.3, -0.25) is 9.59 Å². The quantitative estimate of drug-likeness (QED) is 0.538. The number of carbonyl (C=O) groups excluding carboxylic acids is 2. The fourth-order valence-electron chi connectivity index (χ4n) is 2.92. The summed E-state index contributed by atoms with van der Waals surface area (Å²) in [4.78, 5) is 25.0. The van der Waals surface area contributed by atoms with Crippen molar-refractivity contribution in [2.24, 2.45) is 0 Å². The molecular formula is C20H21N5O3. The molecule has 1 aromatic heterocycles. The van der Waals surface area contributed by atoms with Crippen LogP contribution in [0.5, 0.6) is 0 Å². The lowest BCUT2D eigenvalue weighted by atomic mass is 10.1. The number of hydrogen-bond acceptors (Lipinski definition) is 6. The predicted molar refractivity (Wildman–Crippen MR) is 101 cm³/mol. The standard InChI is InChI=1S/C20H21N5O3/c1-14-18(8-9-19(26)28-3)15(2)25(23-14)17-6-4-16(5-7-17)20(27)24(12-10-21)13-11-22/h4-7H,8-9,12-13H2,1-3H3. The molecule has 2 rings (SSSR count). The van der Waals surface area contributed by atoms with Gasteiger partial charge in [-0.05, 0) is 50.1 Å². The van der Waals surface area contributed by atoms with Gasteiger partial charge in [-0.2, -0.15) is 15.6 Å². The van der Waals surface area contributed by atoms with Crippen LogP contribution in [0.3, 0.4) is 0 Å². The molecular weight excluding hydrogens is 358 g/mol. The Labute approximate surface area is 163 Å². The highest BCUT2D eigenvalue weighted by atomic mass is 16.5. The number of methoxy groups -OCH3 is 1. The van der Waals surface area contributed by atoms with Gasteiger partial charge in [-0.15, -0.1) is 0 Å². The molecule has 2 aromatic rings. The normalized spacial score (nSPS) is 10.0. The van der Waals surface area contributed by atoms with Gasteiger partial charge in [0.2, 0.25) is 0 Å². The number of ether oxygens (including phenoxy) is 1. The van der Waals surface area contributed by atoms with Crippen molar-refractivity contribution < 1.29 is 14.3 Å². The molecule has 28 heavy (non-hydrogen) atoms. The van der Waals surface area contributed by atoms with Crippen LogP contribution >= 0.6 is 0 Å². The maximum Gasteiger partial charge on any atom is 0.305 e. The Bertz CT molecular complexity index is 932. The van der Waals surface area contributed by atoms with E-state index in [1.807, 2.05) is 26.0 Å². The SMILES string of the molecule is COC(=O)CCc1c(C)nn(-c2ccc(C(=O)N(CC#N)CC#N)cc2)c1C.